The topological polar surface area (TPSA) is 29.3 Å². The first-order valence-electron chi connectivity index (χ1n) is 7.60. The minimum absolute atomic E-state index is 0.533. The van der Waals surface area contributed by atoms with Crippen LogP contribution in [0.2, 0.25) is 0 Å². The van der Waals surface area contributed by atoms with Crippen molar-refractivity contribution >= 4 is 0 Å². The standard InChI is InChI=1S/C17H28N2/c1-5-7-19-8-6-15(11-18)17(19)16-13(3)9-12(2)10-14(16)4/h9-10,15,17H,5-8,11,18H2,1-4H3. The molecule has 0 aliphatic carbocycles. The Morgan fingerprint density at radius 1 is 1.21 bits per heavy atom. The van der Waals surface area contributed by atoms with Gasteiger partial charge < -0.3 is 5.73 Å². The lowest BCUT2D eigenvalue weighted by atomic mass is 9.87. The second-order valence-electron chi connectivity index (χ2n) is 6.08. The average Bonchev–Trinajstić information content (AvgIpc) is 2.72. The molecular weight excluding hydrogens is 232 g/mol. The molecule has 1 aromatic rings. The Balaban J connectivity index is 2.41. The summed E-state index contributed by atoms with van der Waals surface area (Å²) in [5.41, 5.74) is 11.8. The first kappa shape index (κ1) is 14.5. The second kappa shape index (κ2) is 6.06. The van der Waals surface area contributed by atoms with Gasteiger partial charge >= 0.3 is 0 Å². The van der Waals surface area contributed by atoms with Crippen molar-refractivity contribution in [1.29, 1.82) is 0 Å². The molecule has 2 nitrogen and oxygen atoms in total. The number of nitrogens with zero attached hydrogens (tertiary/aromatic N) is 1. The third-order valence-electron chi connectivity index (χ3n) is 4.47. The molecule has 1 aliphatic rings. The lowest BCUT2D eigenvalue weighted by Gasteiger charge is -2.31. The maximum atomic E-state index is 6.02. The van der Waals surface area contributed by atoms with Crippen molar-refractivity contribution in [3.63, 3.8) is 0 Å². The van der Waals surface area contributed by atoms with Gasteiger partial charge in [0.1, 0.15) is 0 Å². The van der Waals surface area contributed by atoms with Crippen molar-refractivity contribution in [2.75, 3.05) is 19.6 Å². The summed E-state index contributed by atoms with van der Waals surface area (Å²) < 4.78 is 0. The fraction of sp³-hybridized carbons (Fsp3) is 0.647. The number of hydrogen-bond donors (Lipinski definition) is 1. The molecule has 1 aromatic carbocycles. The third-order valence-corrected chi connectivity index (χ3v) is 4.47. The highest BCUT2D eigenvalue weighted by Crippen LogP contribution is 2.39. The first-order chi connectivity index (χ1) is 9.08. The van der Waals surface area contributed by atoms with Crippen LogP contribution in [0.1, 0.15) is 48.1 Å². The highest BCUT2D eigenvalue weighted by atomic mass is 15.2. The molecule has 19 heavy (non-hydrogen) atoms. The van der Waals surface area contributed by atoms with Gasteiger partial charge in [-0.15, -0.1) is 0 Å². The van der Waals surface area contributed by atoms with E-state index in [1.54, 1.807) is 0 Å². The largest absolute Gasteiger partial charge is 0.330 e. The van der Waals surface area contributed by atoms with Crippen molar-refractivity contribution in [3.05, 3.63) is 34.4 Å². The quantitative estimate of drug-likeness (QED) is 0.899. The fourth-order valence-electron chi connectivity index (χ4n) is 3.79. The lowest BCUT2D eigenvalue weighted by molar-refractivity contribution is 0.229. The average molecular weight is 260 g/mol. The van der Waals surface area contributed by atoms with Crippen LogP contribution >= 0.6 is 0 Å². The highest BCUT2D eigenvalue weighted by molar-refractivity contribution is 5.40. The van der Waals surface area contributed by atoms with Crippen molar-refractivity contribution < 1.29 is 0 Å². The monoisotopic (exact) mass is 260 g/mol. The molecule has 0 amide bonds. The van der Waals surface area contributed by atoms with Gasteiger partial charge in [0.2, 0.25) is 0 Å². The summed E-state index contributed by atoms with van der Waals surface area (Å²) in [6.45, 7) is 12.2. The van der Waals surface area contributed by atoms with Crippen LogP contribution in [-0.4, -0.2) is 24.5 Å². The second-order valence-corrected chi connectivity index (χ2v) is 6.08. The Morgan fingerprint density at radius 3 is 2.37 bits per heavy atom. The summed E-state index contributed by atoms with van der Waals surface area (Å²) in [5.74, 6) is 0.617. The minimum Gasteiger partial charge on any atom is -0.330 e. The van der Waals surface area contributed by atoms with Gasteiger partial charge in [-0.1, -0.05) is 24.6 Å². The Hall–Kier alpha value is -0.860. The SMILES string of the molecule is CCCN1CCC(CN)C1c1c(C)cc(C)cc1C. The summed E-state index contributed by atoms with van der Waals surface area (Å²) >= 11 is 0. The Labute approximate surface area is 118 Å². The molecule has 0 aromatic heterocycles. The number of rotatable bonds is 4. The van der Waals surface area contributed by atoms with Gasteiger partial charge in [-0.3, -0.25) is 4.90 Å². The smallest absolute Gasteiger partial charge is 0.0394 e. The van der Waals surface area contributed by atoms with Crippen LogP contribution in [0.3, 0.4) is 0 Å². The first-order valence-corrected chi connectivity index (χ1v) is 7.60. The van der Waals surface area contributed by atoms with E-state index in [9.17, 15) is 0 Å². The van der Waals surface area contributed by atoms with Crippen LogP contribution in [-0.2, 0) is 0 Å². The maximum Gasteiger partial charge on any atom is 0.0394 e. The zero-order valence-corrected chi connectivity index (χ0v) is 12.9. The molecular formula is C17H28N2. The van der Waals surface area contributed by atoms with Crippen LogP contribution in [0.4, 0.5) is 0 Å². The third kappa shape index (κ3) is 2.85. The summed E-state index contributed by atoms with van der Waals surface area (Å²) in [7, 11) is 0. The minimum atomic E-state index is 0.533. The zero-order valence-electron chi connectivity index (χ0n) is 12.9. The van der Waals surface area contributed by atoms with E-state index >= 15 is 0 Å². The van der Waals surface area contributed by atoms with Crippen LogP contribution < -0.4 is 5.73 Å². The van der Waals surface area contributed by atoms with Gasteiger partial charge in [0, 0.05) is 6.04 Å². The van der Waals surface area contributed by atoms with E-state index in [4.69, 9.17) is 5.73 Å². The maximum absolute atomic E-state index is 6.02. The predicted octanol–water partition coefficient (Wildman–Crippen LogP) is 3.34. The molecule has 2 unspecified atom stereocenters. The molecule has 2 N–H and O–H groups in total. The summed E-state index contributed by atoms with van der Waals surface area (Å²) in [6, 6.07) is 5.17. The molecule has 1 aliphatic heterocycles. The van der Waals surface area contributed by atoms with Crippen molar-refractivity contribution in [2.24, 2.45) is 11.7 Å². The van der Waals surface area contributed by atoms with E-state index in [0.29, 0.717) is 12.0 Å². The molecule has 0 radical (unpaired) electrons. The van der Waals surface area contributed by atoms with E-state index in [2.05, 4.69) is 44.7 Å². The number of benzene rings is 1. The van der Waals surface area contributed by atoms with Crippen molar-refractivity contribution in [1.82, 2.24) is 4.90 Å². The molecule has 106 valence electrons. The molecule has 1 fully saturated rings. The van der Waals surface area contributed by atoms with E-state index in [-0.39, 0.29) is 0 Å². The van der Waals surface area contributed by atoms with Gasteiger partial charge in [0.05, 0.1) is 0 Å². The van der Waals surface area contributed by atoms with Gasteiger partial charge in [-0.2, -0.15) is 0 Å². The summed E-state index contributed by atoms with van der Waals surface area (Å²) in [4.78, 5) is 2.64. The Kier molecular flexibility index (Phi) is 4.64. The summed E-state index contributed by atoms with van der Waals surface area (Å²) in [5, 5.41) is 0. The molecule has 0 spiro atoms. The number of likely N-dealkylation sites (tertiary alicyclic amines) is 1. The van der Waals surface area contributed by atoms with Crippen LogP contribution in [0.5, 0.6) is 0 Å². The van der Waals surface area contributed by atoms with Crippen molar-refractivity contribution in [2.45, 2.75) is 46.6 Å². The number of aryl methyl sites for hydroxylation is 3. The molecule has 2 rings (SSSR count). The lowest BCUT2D eigenvalue weighted by Crippen LogP contribution is -2.30. The van der Waals surface area contributed by atoms with Gasteiger partial charge in [-0.25, -0.2) is 0 Å². The van der Waals surface area contributed by atoms with Gasteiger partial charge in [0.25, 0.3) is 0 Å². The van der Waals surface area contributed by atoms with E-state index in [1.165, 1.54) is 48.2 Å². The van der Waals surface area contributed by atoms with Gasteiger partial charge in [0.15, 0.2) is 0 Å². The van der Waals surface area contributed by atoms with Crippen LogP contribution in [0.15, 0.2) is 12.1 Å². The van der Waals surface area contributed by atoms with Crippen LogP contribution in [0.25, 0.3) is 0 Å². The van der Waals surface area contributed by atoms with Crippen LogP contribution in [0, 0.1) is 26.7 Å². The molecule has 2 heteroatoms. The van der Waals surface area contributed by atoms with E-state index in [0.717, 1.165) is 6.54 Å². The van der Waals surface area contributed by atoms with E-state index in [1.807, 2.05) is 0 Å². The van der Waals surface area contributed by atoms with E-state index < -0.39 is 0 Å². The molecule has 0 bridgehead atoms. The fourth-order valence-corrected chi connectivity index (χ4v) is 3.79. The Morgan fingerprint density at radius 2 is 1.84 bits per heavy atom. The summed E-state index contributed by atoms with van der Waals surface area (Å²) in [6.07, 6.45) is 2.46. The molecule has 2 atom stereocenters. The Bertz CT molecular complexity index is 416. The molecule has 1 heterocycles. The normalized spacial score (nSPS) is 24.1. The molecule has 0 saturated carbocycles. The predicted molar refractivity (Wildman–Crippen MR) is 82.4 cm³/mol. The van der Waals surface area contributed by atoms with Gasteiger partial charge in [-0.05, 0) is 75.9 Å². The zero-order chi connectivity index (χ0) is 14.0. The highest BCUT2D eigenvalue weighted by Gasteiger charge is 2.35. The molecule has 1 saturated heterocycles. The number of hydrogen-bond acceptors (Lipinski definition) is 2. The number of nitrogens with two attached hydrogens (primary N) is 1. The van der Waals surface area contributed by atoms with Crippen molar-refractivity contribution in [3.8, 4) is 0 Å².